The molecule has 0 radical (unpaired) electrons. The Morgan fingerprint density at radius 3 is 2.31 bits per heavy atom. The van der Waals surface area contributed by atoms with E-state index in [9.17, 15) is 15.0 Å². The summed E-state index contributed by atoms with van der Waals surface area (Å²) in [4.78, 5) is 11.5. The summed E-state index contributed by atoms with van der Waals surface area (Å²) < 4.78 is 0. The molecule has 0 aromatic carbocycles. The van der Waals surface area contributed by atoms with Gasteiger partial charge in [0, 0.05) is 11.5 Å². The monoisotopic (exact) mass is 500 g/mol. The molecule has 206 valence electrons. The molecule has 0 amide bonds. The number of aliphatic hydroxyl groups is 1. The van der Waals surface area contributed by atoms with Gasteiger partial charge in [-0.3, -0.25) is 0 Å². The summed E-state index contributed by atoms with van der Waals surface area (Å²) in [7, 11) is 0. The van der Waals surface area contributed by atoms with Crippen molar-refractivity contribution < 1.29 is 15.0 Å². The van der Waals surface area contributed by atoms with E-state index in [0.29, 0.717) is 35.0 Å². The van der Waals surface area contributed by atoms with E-state index in [0.717, 1.165) is 38.5 Å². The van der Waals surface area contributed by atoms with E-state index in [1.165, 1.54) is 38.2 Å². The molecule has 4 rings (SSSR count). The van der Waals surface area contributed by atoms with Gasteiger partial charge in [0.2, 0.25) is 0 Å². The third-order valence-electron chi connectivity index (χ3n) is 11.2. The second-order valence-corrected chi connectivity index (χ2v) is 13.8. The maximum Gasteiger partial charge on any atom is 0.328 e. The van der Waals surface area contributed by atoms with Gasteiger partial charge in [-0.05, 0) is 105 Å². The topological polar surface area (TPSA) is 57.5 Å². The molecule has 0 aliphatic heterocycles. The molecule has 3 saturated carbocycles. The largest absolute Gasteiger partial charge is 0.478 e. The molecule has 0 saturated heterocycles. The summed E-state index contributed by atoms with van der Waals surface area (Å²) in [6, 6.07) is 0. The van der Waals surface area contributed by atoms with Crippen LogP contribution in [0.1, 0.15) is 126 Å². The Morgan fingerprint density at radius 1 is 0.972 bits per heavy atom. The number of carboxylic acid groups (broad SMARTS) is 1. The Hall–Kier alpha value is -1.09. The van der Waals surface area contributed by atoms with Crippen LogP contribution in [0.25, 0.3) is 0 Å². The van der Waals surface area contributed by atoms with E-state index in [1.54, 1.807) is 11.1 Å². The lowest BCUT2D eigenvalue weighted by Crippen LogP contribution is -2.53. The number of hydrogen-bond acceptors (Lipinski definition) is 2. The third-order valence-corrected chi connectivity index (χ3v) is 11.2. The lowest BCUT2D eigenvalue weighted by molar-refractivity contribution is -0.131. The highest BCUT2D eigenvalue weighted by Crippen LogP contribution is 2.68. The second-order valence-electron chi connectivity index (χ2n) is 13.8. The number of carboxylic acids is 1. The Balaban J connectivity index is 0.00000176. The predicted octanol–water partition coefficient (Wildman–Crippen LogP) is 8.82. The van der Waals surface area contributed by atoms with Gasteiger partial charge >= 0.3 is 5.97 Å². The average molecular weight is 501 g/mol. The fraction of sp³-hybridized carbons (Fsp3) is 0.848. The van der Waals surface area contributed by atoms with Crippen LogP contribution in [0.4, 0.5) is 0 Å². The maximum absolute atomic E-state index is 11.5. The van der Waals surface area contributed by atoms with Crippen molar-refractivity contribution >= 4 is 5.97 Å². The van der Waals surface area contributed by atoms with Gasteiger partial charge in [-0.2, -0.15) is 0 Å². The Bertz CT molecular complexity index is 836. The Morgan fingerprint density at radius 2 is 1.67 bits per heavy atom. The first-order valence-corrected chi connectivity index (χ1v) is 15.2. The van der Waals surface area contributed by atoms with Crippen LogP contribution < -0.4 is 0 Å². The summed E-state index contributed by atoms with van der Waals surface area (Å²) in [5.41, 5.74) is 3.83. The minimum atomic E-state index is -0.810. The quantitative estimate of drug-likeness (QED) is 0.300. The van der Waals surface area contributed by atoms with Crippen LogP contribution in [-0.4, -0.2) is 22.3 Å². The van der Waals surface area contributed by atoms with Crippen molar-refractivity contribution in [1.82, 2.24) is 0 Å². The zero-order chi connectivity index (χ0) is 26.9. The van der Waals surface area contributed by atoms with E-state index in [1.807, 2.05) is 13.8 Å². The van der Waals surface area contributed by atoms with Crippen molar-refractivity contribution in [2.45, 2.75) is 132 Å². The average Bonchev–Trinajstić information content (AvgIpc) is 3.23. The van der Waals surface area contributed by atoms with Crippen molar-refractivity contribution in [2.75, 3.05) is 0 Å². The van der Waals surface area contributed by atoms with Gasteiger partial charge in [0.25, 0.3) is 0 Å². The number of carbonyl (C=O) groups is 1. The summed E-state index contributed by atoms with van der Waals surface area (Å²) in [5.74, 6) is 2.11. The van der Waals surface area contributed by atoms with Crippen molar-refractivity contribution in [3.8, 4) is 0 Å². The molecule has 36 heavy (non-hydrogen) atoms. The van der Waals surface area contributed by atoms with Crippen LogP contribution in [0.2, 0.25) is 0 Å². The molecule has 2 N–H and O–H groups in total. The van der Waals surface area contributed by atoms with E-state index in [-0.39, 0.29) is 16.9 Å². The van der Waals surface area contributed by atoms with Gasteiger partial charge in [0.15, 0.2) is 0 Å². The minimum Gasteiger partial charge on any atom is -0.478 e. The maximum atomic E-state index is 11.5. The lowest BCUT2D eigenvalue weighted by atomic mass is 9.44. The highest BCUT2D eigenvalue weighted by molar-refractivity contribution is 5.80. The summed E-state index contributed by atoms with van der Waals surface area (Å²) >= 11 is 0. The smallest absolute Gasteiger partial charge is 0.328 e. The van der Waals surface area contributed by atoms with Crippen LogP contribution in [0.5, 0.6) is 0 Å². The van der Waals surface area contributed by atoms with Gasteiger partial charge < -0.3 is 10.2 Å². The first-order valence-electron chi connectivity index (χ1n) is 15.2. The minimum absolute atomic E-state index is 0.0213. The van der Waals surface area contributed by atoms with E-state index in [2.05, 4.69) is 47.6 Å². The molecule has 0 spiro atoms. The Labute approximate surface area is 222 Å². The molecule has 4 aliphatic rings. The molecule has 3 heteroatoms. The number of hydrogen-bond donors (Lipinski definition) is 2. The summed E-state index contributed by atoms with van der Waals surface area (Å²) in [5, 5.41) is 20.2. The molecular formula is C33H56O3. The highest BCUT2D eigenvalue weighted by Gasteiger charge is 2.58. The molecule has 0 heterocycles. The van der Waals surface area contributed by atoms with Crippen LogP contribution in [0.3, 0.4) is 0 Å². The van der Waals surface area contributed by atoms with Gasteiger partial charge in [0.1, 0.15) is 0 Å². The van der Waals surface area contributed by atoms with Crippen LogP contribution in [0.15, 0.2) is 23.3 Å². The molecule has 7 unspecified atom stereocenters. The molecule has 0 aromatic heterocycles. The van der Waals surface area contributed by atoms with E-state index >= 15 is 0 Å². The number of allylic oxidation sites excluding steroid dienone is 3. The number of aliphatic hydroxyl groups excluding tert-OH is 1. The predicted molar refractivity (Wildman–Crippen MR) is 151 cm³/mol. The molecule has 7 atom stereocenters. The van der Waals surface area contributed by atoms with Crippen molar-refractivity contribution in [1.29, 1.82) is 0 Å². The zero-order valence-electron chi connectivity index (χ0n) is 24.7. The molecule has 0 bridgehead atoms. The SMILES string of the molecule is CC.CC(C)C1=C2C3CCC4C(C)(C)CCC(O)C(C)CCCC4(C)C3CCC2(/C=C/C(=O)O)CC1. The molecule has 0 aromatic rings. The first-order chi connectivity index (χ1) is 16.9. The molecule has 3 nitrogen and oxygen atoms in total. The standard InChI is InChI=1S/C31H50O3.C2H6/c1-20(2)22-11-17-31(19-14-27(33)34)18-12-24-23(28(22)31)9-10-26-29(4,5)16-13-25(32)21(3)8-7-15-30(24,26)6;1-2/h14,19-21,23-26,32H,7-13,15-18H2,1-6H3,(H,33,34);1-2H3/b19-14+;. The third kappa shape index (κ3) is 5.38. The summed E-state index contributed by atoms with van der Waals surface area (Å²) in [6.45, 7) is 18.5. The van der Waals surface area contributed by atoms with Gasteiger partial charge in [0.05, 0.1) is 6.10 Å². The molecule has 4 aliphatic carbocycles. The van der Waals surface area contributed by atoms with Crippen molar-refractivity contribution in [3.05, 3.63) is 23.3 Å². The van der Waals surface area contributed by atoms with Gasteiger partial charge in [-0.1, -0.05) is 79.0 Å². The molecular weight excluding hydrogens is 444 g/mol. The van der Waals surface area contributed by atoms with Gasteiger partial charge in [-0.15, -0.1) is 0 Å². The van der Waals surface area contributed by atoms with E-state index in [4.69, 9.17) is 0 Å². The molecule has 3 fully saturated rings. The second kappa shape index (κ2) is 11.3. The van der Waals surface area contributed by atoms with Crippen molar-refractivity contribution in [2.24, 2.45) is 45.8 Å². The summed E-state index contributed by atoms with van der Waals surface area (Å²) in [6.07, 6.45) is 16.1. The first kappa shape index (κ1) is 29.5. The van der Waals surface area contributed by atoms with E-state index < -0.39 is 5.97 Å². The van der Waals surface area contributed by atoms with Crippen LogP contribution >= 0.6 is 0 Å². The zero-order valence-corrected chi connectivity index (χ0v) is 24.7. The number of fused-ring (bicyclic) bond motifs is 5. The van der Waals surface area contributed by atoms with Crippen LogP contribution in [-0.2, 0) is 4.79 Å². The number of rotatable bonds is 3. The van der Waals surface area contributed by atoms with Gasteiger partial charge in [-0.25, -0.2) is 4.79 Å². The fourth-order valence-electron chi connectivity index (χ4n) is 9.40. The fourth-order valence-corrected chi connectivity index (χ4v) is 9.40. The number of aliphatic carboxylic acids is 1. The normalized spacial score (nSPS) is 40.7. The Kier molecular flexibility index (Phi) is 9.28. The van der Waals surface area contributed by atoms with Crippen molar-refractivity contribution in [3.63, 3.8) is 0 Å². The lowest BCUT2D eigenvalue weighted by Gasteiger charge is -2.61. The van der Waals surface area contributed by atoms with Crippen LogP contribution in [0, 0.1) is 45.8 Å². The highest BCUT2D eigenvalue weighted by atomic mass is 16.4.